The number of nitrogens with zero attached hydrogens (tertiary/aromatic N) is 3. The zero-order valence-corrected chi connectivity index (χ0v) is 14.0. The van der Waals surface area contributed by atoms with E-state index in [9.17, 15) is 9.90 Å². The van der Waals surface area contributed by atoms with E-state index in [0.29, 0.717) is 10.5 Å². The van der Waals surface area contributed by atoms with Crippen LogP contribution in [0.5, 0.6) is 0 Å². The first kappa shape index (κ1) is 15.6. The van der Waals surface area contributed by atoms with E-state index in [0.717, 1.165) is 16.4 Å². The van der Waals surface area contributed by atoms with E-state index in [2.05, 4.69) is 31.0 Å². The van der Waals surface area contributed by atoms with Crippen LogP contribution in [0.2, 0.25) is 0 Å². The van der Waals surface area contributed by atoms with E-state index < -0.39 is 5.97 Å². The van der Waals surface area contributed by atoms with E-state index >= 15 is 0 Å². The normalized spacial score (nSPS) is 11.8. The number of pyridine rings is 1. The molecule has 3 rings (SSSR count). The van der Waals surface area contributed by atoms with Crippen LogP contribution in [0.25, 0.3) is 5.65 Å². The van der Waals surface area contributed by atoms with Crippen molar-refractivity contribution < 1.29 is 9.90 Å². The van der Waals surface area contributed by atoms with Gasteiger partial charge in [-0.3, -0.25) is 4.40 Å². The minimum Gasteiger partial charge on any atom is -0.478 e. The SMILES string of the molecule is CC(C)(C)c1nnc2ccc(Sc3ccccc3C(=O)O)cn12. The molecule has 2 aromatic heterocycles. The Morgan fingerprint density at radius 1 is 1.13 bits per heavy atom. The number of hydrogen-bond acceptors (Lipinski definition) is 4. The molecular formula is C17H17N3O2S. The number of carbonyl (C=O) groups is 1. The van der Waals surface area contributed by atoms with E-state index in [1.807, 2.05) is 34.9 Å². The molecule has 0 atom stereocenters. The molecule has 0 saturated carbocycles. The zero-order valence-electron chi connectivity index (χ0n) is 13.1. The summed E-state index contributed by atoms with van der Waals surface area (Å²) in [6.07, 6.45) is 1.96. The molecule has 0 bridgehead atoms. The minimum atomic E-state index is -0.922. The summed E-state index contributed by atoms with van der Waals surface area (Å²) in [6.45, 7) is 6.26. The highest BCUT2D eigenvalue weighted by atomic mass is 32.2. The Balaban J connectivity index is 2.03. The van der Waals surface area contributed by atoms with Crippen LogP contribution in [0.3, 0.4) is 0 Å². The Bertz CT molecular complexity index is 881. The van der Waals surface area contributed by atoms with Crippen LogP contribution in [0.4, 0.5) is 0 Å². The second kappa shape index (κ2) is 5.70. The summed E-state index contributed by atoms with van der Waals surface area (Å²) < 4.78 is 1.96. The van der Waals surface area contributed by atoms with E-state index in [-0.39, 0.29) is 5.41 Å². The van der Waals surface area contributed by atoms with Gasteiger partial charge in [0.2, 0.25) is 0 Å². The fourth-order valence-electron chi connectivity index (χ4n) is 2.30. The summed E-state index contributed by atoms with van der Waals surface area (Å²) in [5.41, 5.74) is 0.963. The predicted octanol–water partition coefficient (Wildman–Crippen LogP) is 3.88. The summed E-state index contributed by atoms with van der Waals surface area (Å²) in [5, 5.41) is 17.8. The molecule has 3 aromatic rings. The van der Waals surface area contributed by atoms with Crippen molar-refractivity contribution in [1.82, 2.24) is 14.6 Å². The first-order valence-corrected chi connectivity index (χ1v) is 8.03. The molecule has 0 spiro atoms. The molecule has 0 saturated heterocycles. The van der Waals surface area contributed by atoms with Crippen molar-refractivity contribution in [3.05, 3.63) is 54.0 Å². The second-order valence-corrected chi connectivity index (χ2v) is 7.39. The van der Waals surface area contributed by atoms with Crippen molar-refractivity contribution in [2.75, 3.05) is 0 Å². The molecule has 1 N–H and O–H groups in total. The lowest BCUT2D eigenvalue weighted by molar-refractivity contribution is 0.0693. The summed E-state index contributed by atoms with van der Waals surface area (Å²) in [5.74, 6) is -0.0460. The molecule has 0 aliphatic rings. The third-order valence-corrected chi connectivity index (χ3v) is 4.44. The maximum atomic E-state index is 11.3. The molecule has 0 amide bonds. The van der Waals surface area contributed by atoms with Crippen LogP contribution < -0.4 is 0 Å². The minimum absolute atomic E-state index is 0.123. The highest BCUT2D eigenvalue weighted by Gasteiger charge is 2.21. The highest BCUT2D eigenvalue weighted by molar-refractivity contribution is 7.99. The Labute approximate surface area is 138 Å². The van der Waals surface area contributed by atoms with Gasteiger partial charge in [-0.2, -0.15) is 0 Å². The first-order valence-electron chi connectivity index (χ1n) is 7.22. The number of carboxylic acids is 1. The molecule has 118 valence electrons. The van der Waals surface area contributed by atoms with Gasteiger partial charge in [0, 0.05) is 21.4 Å². The molecular weight excluding hydrogens is 310 g/mol. The standard InChI is InChI=1S/C17H17N3O2S/c1-17(2,3)16-19-18-14-9-8-11(10-20(14)16)23-13-7-5-4-6-12(13)15(21)22/h4-10H,1-3H3,(H,21,22). The van der Waals surface area contributed by atoms with Crippen molar-refractivity contribution >= 4 is 23.4 Å². The van der Waals surface area contributed by atoms with Crippen LogP contribution in [0, 0.1) is 0 Å². The van der Waals surface area contributed by atoms with Gasteiger partial charge in [-0.05, 0) is 24.3 Å². The van der Waals surface area contributed by atoms with Crippen molar-refractivity contribution in [2.45, 2.75) is 36.0 Å². The molecule has 0 radical (unpaired) electrons. The zero-order chi connectivity index (χ0) is 16.6. The van der Waals surface area contributed by atoms with E-state index in [1.54, 1.807) is 12.1 Å². The van der Waals surface area contributed by atoms with Gasteiger partial charge in [-0.25, -0.2) is 4.79 Å². The van der Waals surface area contributed by atoms with Crippen LogP contribution in [0.15, 0.2) is 52.4 Å². The summed E-state index contributed by atoms with van der Waals surface area (Å²) >= 11 is 1.42. The quantitative estimate of drug-likeness (QED) is 0.791. The second-order valence-electron chi connectivity index (χ2n) is 6.27. The number of fused-ring (bicyclic) bond motifs is 1. The number of aromatic nitrogens is 3. The average Bonchev–Trinajstić information content (AvgIpc) is 2.90. The lowest BCUT2D eigenvalue weighted by atomic mass is 9.96. The number of carboxylic acid groups (broad SMARTS) is 1. The lowest BCUT2D eigenvalue weighted by Gasteiger charge is -2.16. The third-order valence-electron chi connectivity index (χ3n) is 3.39. The van der Waals surface area contributed by atoms with Crippen molar-refractivity contribution in [2.24, 2.45) is 0 Å². The Morgan fingerprint density at radius 3 is 2.57 bits per heavy atom. The topological polar surface area (TPSA) is 67.5 Å². The lowest BCUT2D eigenvalue weighted by Crippen LogP contribution is -2.15. The fourth-order valence-corrected chi connectivity index (χ4v) is 3.26. The Kier molecular flexibility index (Phi) is 3.85. The summed E-state index contributed by atoms with van der Waals surface area (Å²) in [6, 6.07) is 10.8. The number of benzene rings is 1. The average molecular weight is 327 g/mol. The van der Waals surface area contributed by atoms with Gasteiger partial charge in [0.1, 0.15) is 5.82 Å². The van der Waals surface area contributed by atoms with Crippen molar-refractivity contribution in [3.63, 3.8) is 0 Å². The number of rotatable bonds is 3. The molecule has 5 nitrogen and oxygen atoms in total. The Hall–Kier alpha value is -2.34. The molecule has 0 aliphatic carbocycles. The summed E-state index contributed by atoms with van der Waals surface area (Å²) in [7, 11) is 0. The Morgan fingerprint density at radius 2 is 1.87 bits per heavy atom. The number of aromatic carboxylic acids is 1. The van der Waals surface area contributed by atoms with Crippen LogP contribution in [0.1, 0.15) is 37.0 Å². The van der Waals surface area contributed by atoms with Crippen LogP contribution >= 0.6 is 11.8 Å². The van der Waals surface area contributed by atoms with Gasteiger partial charge in [0.15, 0.2) is 5.65 Å². The van der Waals surface area contributed by atoms with Gasteiger partial charge < -0.3 is 5.11 Å². The molecule has 0 aliphatic heterocycles. The van der Waals surface area contributed by atoms with Gasteiger partial charge in [0.25, 0.3) is 0 Å². The van der Waals surface area contributed by atoms with Gasteiger partial charge >= 0.3 is 5.97 Å². The van der Waals surface area contributed by atoms with Crippen molar-refractivity contribution in [3.8, 4) is 0 Å². The molecule has 0 unspecified atom stereocenters. The molecule has 0 fully saturated rings. The largest absolute Gasteiger partial charge is 0.478 e. The molecule has 23 heavy (non-hydrogen) atoms. The molecule has 2 heterocycles. The van der Waals surface area contributed by atoms with Gasteiger partial charge in [-0.1, -0.05) is 44.7 Å². The van der Waals surface area contributed by atoms with Crippen molar-refractivity contribution in [1.29, 1.82) is 0 Å². The highest BCUT2D eigenvalue weighted by Crippen LogP contribution is 2.31. The first-order chi connectivity index (χ1) is 10.9. The van der Waals surface area contributed by atoms with Gasteiger partial charge in [0.05, 0.1) is 5.56 Å². The maximum absolute atomic E-state index is 11.3. The van der Waals surface area contributed by atoms with E-state index in [4.69, 9.17) is 0 Å². The third kappa shape index (κ3) is 3.07. The monoisotopic (exact) mass is 327 g/mol. The molecule has 1 aromatic carbocycles. The van der Waals surface area contributed by atoms with Crippen LogP contribution in [-0.2, 0) is 5.41 Å². The van der Waals surface area contributed by atoms with Crippen LogP contribution in [-0.4, -0.2) is 25.7 Å². The predicted molar refractivity (Wildman–Crippen MR) is 89.2 cm³/mol. The van der Waals surface area contributed by atoms with E-state index in [1.165, 1.54) is 11.8 Å². The fraction of sp³-hybridized carbons (Fsp3) is 0.235. The summed E-state index contributed by atoms with van der Waals surface area (Å²) in [4.78, 5) is 13.0. The maximum Gasteiger partial charge on any atom is 0.336 e. The van der Waals surface area contributed by atoms with Gasteiger partial charge in [-0.15, -0.1) is 10.2 Å². The molecule has 6 heteroatoms. The number of hydrogen-bond donors (Lipinski definition) is 1. The smallest absolute Gasteiger partial charge is 0.336 e.